The fourth-order valence-corrected chi connectivity index (χ4v) is 3.99. The molecule has 0 aliphatic heterocycles. The summed E-state index contributed by atoms with van der Waals surface area (Å²) in [7, 11) is 0. The van der Waals surface area contributed by atoms with Crippen molar-refractivity contribution in [3.05, 3.63) is 55.4 Å². The van der Waals surface area contributed by atoms with Gasteiger partial charge >= 0.3 is 0 Å². The van der Waals surface area contributed by atoms with Crippen molar-refractivity contribution in [1.29, 1.82) is 0 Å². The Balaban J connectivity index is 2.14. The summed E-state index contributed by atoms with van der Waals surface area (Å²) >= 11 is 14.5. The first-order valence-electron chi connectivity index (χ1n) is 4.89. The Labute approximate surface area is 125 Å². The maximum atomic E-state index is 13.0. The fraction of sp³-hybridized carbons (Fsp3) is 0.167. The molecule has 1 aromatic heterocycles. The lowest BCUT2D eigenvalue weighted by molar-refractivity contribution is 0.625. The Morgan fingerprint density at radius 3 is 2.71 bits per heavy atom. The molecule has 1 aromatic carbocycles. The summed E-state index contributed by atoms with van der Waals surface area (Å²) in [4.78, 5) is 1.28. The minimum Gasteiger partial charge on any atom is -0.207 e. The quantitative estimate of drug-likeness (QED) is 0.558. The van der Waals surface area contributed by atoms with Crippen molar-refractivity contribution in [3.8, 4) is 0 Å². The molecule has 0 N–H and O–H groups in total. The van der Waals surface area contributed by atoms with Gasteiger partial charge < -0.3 is 0 Å². The average Bonchev–Trinajstić information content (AvgIpc) is 2.59. The van der Waals surface area contributed by atoms with Gasteiger partial charge in [-0.25, -0.2) is 4.39 Å². The molecule has 0 spiro atoms. The van der Waals surface area contributed by atoms with Gasteiger partial charge in [0, 0.05) is 9.35 Å². The predicted molar refractivity (Wildman–Crippen MR) is 78.8 cm³/mol. The monoisotopic (exact) mass is 396 g/mol. The van der Waals surface area contributed by atoms with Crippen molar-refractivity contribution in [3.63, 3.8) is 0 Å². The maximum Gasteiger partial charge on any atom is 0.123 e. The molecule has 90 valence electrons. The highest BCUT2D eigenvalue weighted by molar-refractivity contribution is 9.10. The summed E-state index contributed by atoms with van der Waals surface area (Å²) in [5.41, 5.74) is 0.965. The van der Waals surface area contributed by atoms with E-state index in [2.05, 4.69) is 31.9 Å². The van der Waals surface area contributed by atoms with Crippen molar-refractivity contribution < 1.29 is 4.39 Å². The molecule has 0 bridgehead atoms. The molecule has 5 heteroatoms. The third-order valence-electron chi connectivity index (χ3n) is 2.28. The van der Waals surface area contributed by atoms with E-state index >= 15 is 0 Å². The van der Waals surface area contributed by atoms with Gasteiger partial charge in [0.2, 0.25) is 0 Å². The van der Waals surface area contributed by atoms with Crippen LogP contribution in [0.4, 0.5) is 4.39 Å². The van der Waals surface area contributed by atoms with E-state index in [1.165, 1.54) is 17.4 Å². The number of alkyl halides is 1. The van der Waals surface area contributed by atoms with E-state index in [4.69, 9.17) is 11.6 Å². The number of benzene rings is 1. The smallest absolute Gasteiger partial charge is 0.123 e. The standard InChI is InChI=1S/C12H8Br2ClFS/c13-9(11-6-10(14)12(15)17-11)5-7-2-1-3-8(16)4-7/h1-4,6,9H,5H2. The number of hydrogen-bond donors (Lipinski definition) is 0. The molecule has 2 aromatic rings. The van der Waals surface area contributed by atoms with E-state index in [1.54, 1.807) is 12.1 Å². The molecule has 0 aliphatic carbocycles. The zero-order chi connectivity index (χ0) is 12.4. The van der Waals surface area contributed by atoms with E-state index in [9.17, 15) is 4.39 Å². The second kappa shape index (κ2) is 5.83. The van der Waals surface area contributed by atoms with Gasteiger partial charge in [-0.15, -0.1) is 11.3 Å². The van der Waals surface area contributed by atoms with Crippen molar-refractivity contribution in [2.75, 3.05) is 0 Å². The molecule has 17 heavy (non-hydrogen) atoms. The molecule has 0 radical (unpaired) electrons. The number of halogens is 4. The average molecular weight is 399 g/mol. The highest BCUT2D eigenvalue weighted by atomic mass is 79.9. The molecule has 0 fully saturated rings. The van der Waals surface area contributed by atoms with Crippen LogP contribution in [-0.4, -0.2) is 0 Å². The summed E-state index contributed by atoms with van der Waals surface area (Å²) in [6.07, 6.45) is 0.737. The van der Waals surface area contributed by atoms with Gasteiger partial charge in [0.05, 0.1) is 4.83 Å². The minimum absolute atomic E-state index is 0.151. The van der Waals surface area contributed by atoms with E-state index in [-0.39, 0.29) is 10.6 Å². The first kappa shape index (κ1) is 13.5. The lowest BCUT2D eigenvalue weighted by Gasteiger charge is -2.07. The fourth-order valence-electron chi connectivity index (χ4n) is 1.49. The van der Waals surface area contributed by atoms with Crippen molar-refractivity contribution in [2.45, 2.75) is 11.2 Å². The first-order chi connectivity index (χ1) is 8.06. The molecular formula is C12H8Br2ClFS. The second-order valence-corrected chi connectivity index (χ2v) is 7.22. The van der Waals surface area contributed by atoms with Crippen LogP contribution in [0, 0.1) is 5.82 Å². The van der Waals surface area contributed by atoms with Crippen LogP contribution in [0.5, 0.6) is 0 Å². The number of rotatable bonds is 3. The zero-order valence-corrected chi connectivity index (χ0v) is 13.3. The van der Waals surface area contributed by atoms with Crippen LogP contribution in [-0.2, 0) is 6.42 Å². The SMILES string of the molecule is Fc1cccc(CC(Br)c2cc(Br)c(Cl)s2)c1. The Hall–Kier alpha value is 0.1000. The van der Waals surface area contributed by atoms with E-state index in [1.807, 2.05) is 12.1 Å². The van der Waals surface area contributed by atoms with Crippen LogP contribution in [0.3, 0.4) is 0 Å². The largest absolute Gasteiger partial charge is 0.207 e. The maximum absolute atomic E-state index is 13.0. The van der Waals surface area contributed by atoms with Gasteiger partial charge in [0.1, 0.15) is 10.2 Å². The molecule has 1 atom stereocenters. The summed E-state index contributed by atoms with van der Waals surface area (Å²) in [5, 5.41) is 0. The highest BCUT2D eigenvalue weighted by Crippen LogP contribution is 2.39. The number of thiophene rings is 1. The summed E-state index contributed by atoms with van der Waals surface area (Å²) < 4.78 is 14.7. The molecule has 0 nitrogen and oxygen atoms in total. The Kier molecular flexibility index (Phi) is 4.64. The predicted octanol–water partition coefficient (Wildman–Crippen LogP) is 5.98. The summed E-state index contributed by atoms with van der Waals surface area (Å²) in [6.45, 7) is 0. The third kappa shape index (κ3) is 3.53. The molecule has 0 saturated heterocycles. The normalized spacial score (nSPS) is 12.7. The highest BCUT2D eigenvalue weighted by Gasteiger charge is 2.14. The molecule has 2 rings (SSSR count). The minimum atomic E-state index is -0.201. The van der Waals surface area contributed by atoms with E-state index in [0.717, 1.165) is 25.7 Å². The lowest BCUT2D eigenvalue weighted by atomic mass is 10.1. The van der Waals surface area contributed by atoms with Gasteiger partial charge in [-0.1, -0.05) is 39.7 Å². The molecule has 0 aliphatic rings. The van der Waals surface area contributed by atoms with Crippen LogP contribution in [0.15, 0.2) is 34.8 Å². The van der Waals surface area contributed by atoms with Gasteiger partial charge in [-0.05, 0) is 46.1 Å². The van der Waals surface area contributed by atoms with Crippen LogP contribution in [0.25, 0.3) is 0 Å². The van der Waals surface area contributed by atoms with Crippen molar-refractivity contribution in [1.82, 2.24) is 0 Å². The Morgan fingerprint density at radius 2 is 2.12 bits per heavy atom. The molecule has 0 saturated carbocycles. The molecule has 0 amide bonds. The molecular weight excluding hydrogens is 390 g/mol. The van der Waals surface area contributed by atoms with E-state index in [0.29, 0.717) is 0 Å². The zero-order valence-electron chi connectivity index (χ0n) is 8.59. The Morgan fingerprint density at radius 1 is 1.35 bits per heavy atom. The van der Waals surface area contributed by atoms with Crippen LogP contribution >= 0.6 is 54.8 Å². The van der Waals surface area contributed by atoms with Crippen LogP contribution in [0.1, 0.15) is 15.3 Å². The first-order valence-corrected chi connectivity index (χ1v) is 7.80. The topological polar surface area (TPSA) is 0 Å². The van der Waals surface area contributed by atoms with Gasteiger partial charge in [-0.2, -0.15) is 0 Å². The number of hydrogen-bond acceptors (Lipinski definition) is 1. The summed E-state index contributed by atoms with van der Waals surface area (Å²) in [6, 6.07) is 8.64. The molecule has 1 heterocycles. The van der Waals surface area contributed by atoms with E-state index < -0.39 is 0 Å². The molecule has 1 unspecified atom stereocenters. The van der Waals surface area contributed by atoms with Crippen LogP contribution in [0.2, 0.25) is 4.34 Å². The third-order valence-corrected chi connectivity index (χ3v) is 5.99. The van der Waals surface area contributed by atoms with Crippen LogP contribution < -0.4 is 0 Å². The second-order valence-electron chi connectivity index (χ2n) is 3.57. The lowest BCUT2D eigenvalue weighted by Crippen LogP contribution is -1.93. The van der Waals surface area contributed by atoms with Crippen molar-refractivity contribution in [2.24, 2.45) is 0 Å². The van der Waals surface area contributed by atoms with Gasteiger partial charge in [0.15, 0.2) is 0 Å². The van der Waals surface area contributed by atoms with Gasteiger partial charge in [0.25, 0.3) is 0 Å². The Bertz CT molecular complexity index is 507. The van der Waals surface area contributed by atoms with Crippen molar-refractivity contribution >= 4 is 54.8 Å². The van der Waals surface area contributed by atoms with Gasteiger partial charge in [-0.3, -0.25) is 0 Å². The summed E-state index contributed by atoms with van der Waals surface area (Å²) in [5.74, 6) is -0.201.